The van der Waals surface area contributed by atoms with Crippen LogP contribution in [0.3, 0.4) is 0 Å². The van der Waals surface area contributed by atoms with Crippen LogP contribution in [-0.4, -0.2) is 53.9 Å². The first-order chi connectivity index (χ1) is 19.3. The molecule has 3 aromatic rings. The molecular formula is C32H38N4O4. The second kappa shape index (κ2) is 13.3. The maximum atomic E-state index is 13.0. The molecule has 1 aliphatic rings. The summed E-state index contributed by atoms with van der Waals surface area (Å²) in [5, 5.41) is 2.90. The molecule has 4 rings (SSSR count). The lowest BCUT2D eigenvalue weighted by Crippen LogP contribution is -2.29. The van der Waals surface area contributed by atoms with E-state index < -0.39 is 0 Å². The molecule has 2 heterocycles. The maximum absolute atomic E-state index is 13.0. The second-order valence-corrected chi connectivity index (χ2v) is 10.3. The van der Waals surface area contributed by atoms with E-state index in [-0.39, 0.29) is 18.4 Å². The van der Waals surface area contributed by atoms with Crippen LogP contribution in [0.5, 0.6) is 11.5 Å². The number of hydrogen-bond donors (Lipinski definition) is 1. The van der Waals surface area contributed by atoms with Crippen molar-refractivity contribution in [3.8, 4) is 11.5 Å². The Balaban J connectivity index is 1.45. The number of methoxy groups -OCH3 is 1. The number of benzene rings is 2. The molecule has 210 valence electrons. The number of fused-ring (bicyclic) bond motifs is 1. The number of ether oxygens (including phenoxy) is 2. The highest BCUT2D eigenvalue weighted by molar-refractivity contribution is 5.93. The number of carbonyl (C=O) groups excluding carboxylic acids is 2. The fraction of sp³-hybridized carbons (Fsp3) is 0.344. The average molecular weight is 543 g/mol. The predicted molar refractivity (Wildman–Crippen MR) is 157 cm³/mol. The minimum atomic E-state index is -0.123. The lowest BCUT2D eigenvalue weighted by molar-refractivity contribution is -0.125. The van der Waals surface area contributed by atoms with Gasteiger partial charge in [0, 0.05) is 50.1 Å². The van der Waals surface area contributed by atoms with Crippen LogP contribution < -0.4 is 14.8 Å². The van der Waals surface area contributed by atoms with E-state index in [1.165, 1.54) is 0 Å². The zero-order chi connectivity index (χ0) is 28.6. The van der Waals surface area contributed by atoms with Gasteiger partial charge in [0.05, 0.1) is 20.3 Å². The highest BCUT2D eigenvalue weighted by Crippen LogP contribution is 2.31. The van der Waals surface area contributed by atoms with Crippen molar-refractivity contribution in [3.05, 3.63) is 88.6 Å². The highest BCUT2D eigenvalue weighted by atomic mass is 16.5. The fourth-order valence-electron chi connectivity index (χ4n) is 4.76. The Labute approximate surface area is 236 Å². The molecule has 1 aliphatic heterocycles. The summed E-state index contributed by atoms with van der Waals surface area (Å²) < 4.78 is 11.2. The SMILES string of the molecule is CCOc1c(CN(C)C(=O)C=Cc2cnc3c(c2)CN(Cc2ccc(OC)cc2)CC(=O)N3)cccc1C(C)C. The third kappa shape index (κ3) is 7.27. The van der Waals surface area contributed by atoms with Crippen molar-refractivity contribution in [1.82, 2.24) is 14.8 Å². The van der Waals surface area contributed by atoms with Crippen molar-refractivity contribution in [2.75, 3.05) is 32.6 Å². The van der Waals surface area contributed by atoms with Gasteiger partial charge in [-0.2, -0.15) is 0 Å². The van der Waals surface area contributed by atoms with E-state index in [9.17, 15) is 9.59 Å². The number of likely N-dealkylation sites (N-methyl/N-ethyl adjacent to an activating group) is 1. The summed E-state index contributed by atoms with van der Waals surface area (Å²) in [5.74, 6) is 2.30. The summed E-state index contributed by atoms with van der Waals surface area (Å²) >= 11 is 0. The van der Waals surface area contributed by atoms with Crippen LogP contribution >= 0.6 is 0 Å². The Morgan fingerprint density at radius 2 is 1.95 bits per heavy atom. The molecule has 0 bridgehead atoms. The Morgan fingerprint density at radius 1 is 1.18 bits per heavy atom. The molecule has 8 heteroatoms. The molecule has 0 unspecified atom stereocenters. The highest BCUT2D eigenvalue weighted by Gasteiger charge is 2.21. The zero-order valence-corrected chi connectivity index (χ0v) is 23.9. The van der Waals surface area contributed by atoms with Gasteiger partial charge in [-0.25, -0.2) is 4.98 Å². The quantitative estimate of drug-likeness (QED) is 0.353. The predicted octanol–water partition coefficient (Wildman–Crippen LogP) is 5.24. The zero-order valence-electron chi connectivity index (χ0n) is 23.9. The lowest BCUT2D eigenvalue weighted by Gasteiger charge is -2.21. The third-order valence-electron chi connectivity index (χ3n) is 6.81. The number of anilines is 1. The first-order valence-electron chi connectivity index (χ1n) is 13.6. The summed E-state index contributed by atoms with van der Waals surface area (Å²) in [6.07, 6.45) is 4.99. The van der Waals surface area contributed by atoms with Gasteiger partial charge in [0.2, 0.25) is 11.8 Å². The normalized spacial score (nSPS) is 13.6. The van der Waals surface area contributed by atoms with Gasteiger partial charge < -0.3 is 19.7 Å². The molecule has 0 aliphatic carbocycles. The summed E-state index contributed by atoms with van der Waals surface area (Å²) in [5.41, 5.74) is 4.89. The van der Waals surface area contributed by atoms with E-state index >= 15 is 0 Å². The molecule has 2 aromatic carbocycles. The van der Waals surface area contributed by atoms with Gasteiger partial charge in [0.15, 0.2) is 0 Å². The average Bonchev–Trinajstić information content (AvgIpc) is 3.09. The van der Waals surface area contributed by atoms with Crippen LogP contribution in [0.2, 0.25) is 0 Å². The van der Waals surface area contributed by atoms with Crippen molar-refractivity contribution in [3.63, 3.8) is 0 Å². The number of rotatable bonds is 10. The van der Waals surface area contributed by atoms with Gasteiger partial charge in [0.25, 0.3) is 0 Å². The van der Waals surface area contributed by atoms with E-state index in [1.807, 2.05) is 49.4 Å². The lowest BCUT2D eigenvalue weighted by atomic mass is 9.99. The van der Waals surface area contributed by atoms with Gasteiger partial charge in [-0.05, 0) is 53.8 Å². The van der Waals surface area contributed by atoms with Crippen molar-refractivity contribution in [2.45, 2.75) is 46.3 Å². The van der Waals surface area contributed by atoms with E-state index in [0.717, 1.165) is 39.3 Å². The number of amides is 2. The number of nitrogens with zero attached hydrogens (tertiary/aromatic N) is 3. The summed E-state index contributed by atoms with van der Waals surface area (Å²) in [6.45, 7) is 8.67. The number of pyridine rings is 1. The minimum absolute atomic E-state index is 0.104. The molecule has 8 nitrogen and oxygen atoms in total. The minimum Gasteiger partial charge on any atom is -0.497 e. The summed E-state index contributed by atoms with van der Waals surface area (Å²) in [7, 11) is 3.42. The number of carbonyl (C=O) groups is 2. The van der Waals surface area contributed by atoms with Crippen molar-refractivity contribution >= 4 is 23.7 Å². The van der Waals surface area contributed by atoms with Crippen LogP contribution in [0, 0.1) is 0 Å². The van der Waals surface area contributed by atoms with Gasteiger partial charge >= 0.3 is 0 Å². The Hall–Kier alpha value is -4.17. The molecule has 40 heavy (non-hydrogen) atoms. The Morgan fingerprint density at radius 3 is 2.65 bits per heavy atom. The van der Waals surface area contributed by atoms with Crippen molar-refractivity contribution < 1.29 is 19.1 Å². The standard InChI is InChI=1S/C32H38N4O4/c1-6-40-31-25(8-7-9-28(31)22(2)3)19-35(4)30(38)15-12-24-16-26-20-36(21-29(37)34-32(26)33-17-24)18-23-10-13-27(39-5)14-11-23/h7-17,22H,6,18-21H2,1-5H3,(H,33,34,37). The van der Waals surface area contributed by atoms with Crippen LogP contribution in [0.1, 0.15) is 54.5 Å². The first-order valence-corrected chi connectivity index (χ1v) is 13.6. The van der Waals surface area contributed by atoms with Crippen LogP contribution in [-0.2, 0) is 29.2 Å². The van der Waals surface area contributed by atoms with Crippen molar-refractivity contribution in [1.29, 1.82) is 0 Å². The number of para-hydroxylation sites is 1. The summed E-state index contributed by atoms with van der Waals surface area (Å²) in [6, 6.07) is 15.9. The molecule has 1 N–H and O–H groups in total. The van der Waals surface area contributed by atoms with Crippen LogP contribution in [0.15, 0.2) is 60.8 Å². The summed E-state index contributed by atoms with van der Waals surface area (Å²) in [4.78, 5) is 33.7. The third-order valence-corrected chi connectivity index (χ3v) is 6.81. The fourth-order valence-corrected chi connectivity index (χ4v) is 4.76. The van der Waals surface area contributed by atoms with E-state index in [4.69, 9.17) is 9.47 Å². The smallest absolute Gasteiger partial charge is 0.246 e. The maximum Gasteiger partial charge on any atom is 0.246 e. The monoisotopic (exact) mass is 542 g/mol. The number of hydrogen-bond acceptors (Lipinski definition) is 6. The molecule has 0 fully saturated rings. The number of nitrogens with one attached hydrogen (secondary N) is 1. The van der Waals surface area contributed by atoms with E-state index in [1.54, 1.807) is 37.4 Å². The second-order valence-electron chi connectivity index (χ2n) is 10.3. The van der Waals surface area contributed by atoms with Crippen LogP contribution in [0.25, 0.3) is 6.08 Å². The molecule has 1 aromatic heterocycles. The first kappa shape index (κ1) is 28.8. The molecular weight excluding hydrogens is 504 g/mol. The Kier molecular flexibility index (Phi) is 9.56. The van der Waals surface area contributed by atoms with Crippen LogP contribution in [0.4, 0.5) is 5.82 Å². The molecule has 2 amide bonds. The van der Waals surface area contributed by atoms with Gasteiger partial charge in [0.1, 0.15) is 17.3 Å². The van der Waals surface area contributed by atoms with Gasteiger partial charge in [-0.1, -0.05) is 44.2 Å². The topological polar surface area (TPSA) is 84.0 Å². The molecule has 0 atom stereocenters. The Bertz CT molecular complexity index is 1370. The molecule has 0 radical (unpaired) electrons. The van der Waals surface area contributed by atoms with Gasteiger partial charge in [-0.15, -0.1) is 0 Å². The number of aromatic nitrogens is 1. The largest absolute Gasteiger partial charge is 0.497 e. The van der Waals surface area contributed by atoms with E-state index in [0.29, 0.717) is 38.0 Å². The molecule has 0 saturated carbocycles. The molecule has 0 spiro atoms. The van der Waals surface area contributed by atoms with Crippen molar-refractivity contribution in [2.24, 2.45) is 0 Å². The van der Waals surface area contributed by atoms with Gasteiger partial charge in [-0.3, -0.25) is 14.5 Å². The van der Waals surface area contributed by atoms with E-state index in [2.05, 4.69) is 35.1 Å². The molecule has 0 saturated heterocycles.